The van der Waals surface area contributed by atoms with Gasteiger partial charge in [-0.3, -0.25) is 0 Å². The highest BCUT2D eigenvalue weighted by Crippen LogP contribution is 2.11. The molecule has 14 heavy (non-hydrogen) atoms. The molecular formula is C12H15FO. The SMILES string of the molecule is C=CCCC(O)Cc1ccccc1F. The molecule has 0 aliphatic rings. The maximum atomic E-state index is 13.1. The average molecular weight is 194 g/mol. The van der Waals surface area contributed by atoms with E-state index in [1.54, 1.807) is 24.3 Å². The molecule has 0 amide bonds. The van der Waals surface area contributed by atoms with Gasteiger partial charge in [-0.1, -0.05) is 24.3 Å². The van der Waals surface area contributed by atoms with E-state index in [9.17, 15) is 9.50 Å². The quantitative estimate of drug-likeness (QED) is 0.714. The maximum absolute atomic E-state index is 13.1. The number of halogens is 1. The van der Waals surface area contributed by atoms with Crippen molar-refractivity contribution in [2.75, 3.05) is 0 Å². The third kappa shape index (κ3) is 3.30. The smallest absolute Gasteiger partial charge is 0.126 e. The van der Waals surface area contributed by atoms with Crippen molar-refractivity contribution in [3.8, 4) is 0 Å². The van der Waals surface area contributed by atoms with Crippen LogP contribution in [0.4, 0.5) is 4.39 Å². The molecule has 1 aromatic rings. The van der Waals surface area contributed by atoms with Gasteiger partial charge < -0.3 is 5.11 Å². The largest absolute Gasteiger partial charge is 0.393 e. The summed E-state index contributed by atoms with van der Waals surface area (Å²) in [6.07, 6.45) is 3.04. The Bertz CT molecular complexity index is 296. The Morgan fingerprint density at radius 1 is 1.43 bits per heavy atom. The minimum atomic E-state index is -0.482. The van der Waals surface area contributed by atoms with Crippen molar-refractivity contribution in [1.29, 1.82) is 0 Å². The maximum Gasteiger partial charge on any atom is 0.126 e. The summed E-state index contributed by atoms with van der Waals surface area (Å²) in [5.74, 6) is -0.245. The van der Waals surface area contributed by atoms with Crippen molar-refractivity contribution in [2.45, 2.75) is 25.4 Å². The molecule has 0 saturated carbocycles. The molecule has 1 aromatic carbocycles. The van der Waals surface area contributed by atoms with Gasteiger partial charge >= 0.3 is 0 Å². The lowest BCUT2D eigenvalue weighted by Gasteiger charge is -2.09. The van der Waals surface area contributed by atoms with Gasteiger partial charge in [0.05, 0.1) is 6.10 Å². The lowest BCUT2D eigenvalue weighted by molar-refractivity contribution is 0.165. The van der Waals surface area contributed by atoms with E-state index in [0.717, 1.165) is 6.42 Å². The van der Waals surface area contributed by atoms with Crippen molar-refractivity contribution in [1.82, 2.24) is 0 Å². The van der Waals surface area contributed by atoms with Gasteiger partial charge in [-0.05, 0) is 24.5 Å². The number of hydrogen-bond acceptors (Lipinski definition) is 1. The molecule has 1 atom stereocenters. The van der Waals surface area contributed by atoms with E-state index in [4.69, 9.17) is 0 Å². The van der Waals surface area contributed by atoms with Crippen LogP contribution in [0.1, 0.15) is 18.4 Å². The summed E-state index contributed by atoms with van der Waals surface area (Å²) >= 11 is 0. The molecule has 2 heteroatoms. The van der Waals surface area contributed by atoms with Gasteiger partial charge in [-0.15, -0.1) is 6.58 Å². The van der Waals surface area contributed by atoms with E-state index in [1.807, 2.05) is 0 Å². The van der Waals surface area contributed by atoms with Gasteiger partial charge in [0.1, 0.15) is 5.82 Å². The topological polar surface area (TPSA) is 20.2 Å². The zero-order valence-corrected chi connectivity index (χ0v) is 8.12. The first-order chi connectivity index (χ1) is 6.74. The predicted octanol–water partition coefficient (Wildman–Crippen LogP) is 2.70. The van der Waals surface area contributed by atoms with Gasteiger partial charge in [0.15, 0.2) is 0 Å². The van der Waals surface area contributed by atoms with Crippen LogP contribution in [0.15, 0.2) is 36.9 Å². The third-order valence-electron chi connectivity index (χ3n) is 2.12. The monoisotopic (exact) mass is 194 g/mol. The van der Waals surface area contributed by atoms with Gasteiger partial charge in [-0.2, -0.15) is 0 Å². The molecule has 0 bridgehead atoms. The van der Waals surface area contributed by atoms with Crippen molar-refractivity contribution in [2.24, 2.45) is 0 Å². The summed E-state index contributed by atoms with van der Waals surface area (Å²) in [7, 11) is 0. The normalized spacial score (nSPS) is 12.4. The lowest BCUT2D eigenvalue weighted by atomic mass is 10.0. The molecule has 0 spiro atoms. The highest BCUT2D eigenvalue weighted by atomic mass is 19.1. The van der Waals surface area contributed by atoms with E-state index < -0.39 is 6.10 Å². The van der Waals surface area contributed by atoms with E-state index >= 15 is 0 Å². The van der Waals surface area contributed by atoms with Crippen LogP contribution in [-0.4, -0.2) is 11.2 Å². The summed E-state index contributed by atoms with van der Waals surface area (Å²) in [6.45, 7) is 3.57. The molecule has 0 aliphatic heterocycles. The number of aliphatic hydroxyl groups excluding tert-OH is 1. The molecule has 0 fully saturated rings. The molecule has 1 nitrogen and oxygen atoms in total. The minimum Gasteiger partial charge on any atom is -0.393 e. The molecular weight excluding hydrogens is 179 g/mol. The van der Waals surface area contributed by atoms with Crippen LogP contribution in [-0.2, 0) is 6.42 Å². The predicted molar refractivity (Wildman–Crippen MR) is 55.5 cm³/mol. The van der Waals surface area contributed by atoms with E-state index in [0.29, 0.717) is 18.4 Å². The number of benzene rings is 1. The van der Waals surface area contributed by atoms with E-state index in [2.05, 4.69) is 6.58 Å². The molecule has 1 N–H and O–H groups in total. The first-order valence-electron chi connectivity index (χ1n) is 4.76. The van der Waals surface area contributed by atoms with Gasteiger partial charge in [0, 0.05) is 6.42 Å². The molecule has 1 unspecified atom stereocenters. The lowest BCUT2D eigenvalue weighted by Crippen LogP contribution is -2.10. The number of aliphatic hydroxyl groups is 1. The fourth-order valence-electron chi connectivity index (χ4n) is 1.33. The summed E-state index contributed by atoms with van der Waals surface area (Å²) in [5, 5.41) is 9.54. The highest BCUT2D eigenvalue weighted by Gasteiger charge is 2.07. The van der Waals surface area contributed by atoms with Gasteiger partial charge in [0.2, 0.25) is 0 Å². The summed E-state index contributed by atoms with van der Waals surface area (Å²) in [6, 6.07) is 6.54. The first kappa shape index (κ1) is 10.9. The number of rotatable bonds is 5. The summed E-state index contributed by atoms with van der Waals surface area (Å²) < 4.78 is 13.1. The standard InChI is InChI=1S/C12H15FO/c1-2-3-7-11(14)9-10-6-4-5-8-12(10)13/h2,4-6,8,11,14H,1,3,7,9H2. The Morgan fingerprint density at radius 2 is 2.14 bits per heavy atom. The fraction of sp³-hybridized carbons (Fsp3) is 0.333. The van der Waals surface area contributed by atoms with Crippen LogP contribution in [0.25, 0.3) is 0 Å². The molecule has 76 valence electrons. The van der Waals surface area contributed by atoms with Crippen LogP contribution < -0.4 is 0 Å². The van der Waals surface area contributed by atoms with Crippen LogP contribution in [0.5, 0.6) is 0 Å². The second kappa shape index (κ2) is 5.55. The van der Waals surface area contributed by atoms with Crippen LogP contribution in [0.3, 0.4) is 0 Å². The Kier molecular flexibility index (Phi) is 4.33. The Labute approximate surface area is 83.9 Å². The van der Waals surface area contributed by atoms with Crippen LogP contribution in [0, 0.1) is 5.82 Å². The first-order valence-corrected chi connectivity index (χ1v) is 4.76. The Hall–Kier alpha value is -1.15. The molecule has 0 radical (unpaired) electrons. The zero-order valence-electron chi connectivity index (χ0n) is 8.12. The molecule has 0 heterocycles. The third-order valence-corrected chi connectivity index (χ3v) is 2.12. The fourth-order valence-corrected chi connectivity index (χ4v) is 1.33. The number of hydrogen-bond donors (Lipinski definition) is 1. The number of allylic oxidation sites excluding steroid dienone is 1. The molecule has 0 aliphatic carbocycles. The Balaban J connectivity index is 2.51. The van der Waals surface area contributed by atoms with Gasteiger partial charge in [0.25, 0.3) is 0 Å². The molecule has 0 aromatic heterocycles. The van der Waals surface area contributed by atoms with E-state index in [-0.39, 0.29) is 5.82 Å². The van der Waals surface area contributed by atoms with Crippen molar-refractivity contribution < 1.29 is 9.50 Å². The summed E-state index contributed by atoms with van der Waals surface area (Å²) in [5.41, 5.74) is 0.573. The molecule has 0 saturated heterocycles. The van der Waals surface area contributed by atoms with Gasteiger partial charge in [-0.25, -0.2) is 4.39 Å². The minimum absolute atomic E-state index is 0.245. The van der Waals surface area contributed by atoms with Crippen molar-refractivity contribution in [3.63, 3.8) is 0 Å². The zero-order chi connectivity index (χ0) is 10.4. The second-order valence-corrected chi connectivity index (χ2v) is 3.32. The highest BCUT2D eigenvalue weighted by molar-refractivity contribution is 5.17. The van der Waals surface area contributed by atoms with Crippen molar-refractivity contribution in [3.05, 3.63) is 48.3 Å². The molecule has 1 rings (SSSR count). The van der Waals surface area contributed by atoms with Crippen molar-refractivity contribution >= 4 is 0 Å². The van der Waals surface area contributed by atoms with Crippen LogP contribution >= 0.6 is 0 Å². The van der Waals surface area contributed by atoms with E-state index in [1.165, 1.54) is 6.07 Å². The average Bonchev–Trinajstić information content (AvgIpc) is 2.18. The Morgan fingerprint density at radius 3 is 2.79 bits per heavy atom. The van der Waals surface area contributed by atoms with Crippen LogP contribution in [0.2, 0.25) is 0 Å². The second-order valence-electron chi connectivity index (χ2n) is 3.32. The summed E-state index contributed by atoms with van der Waals surface area (Å²) in [4.78, 5) is 0.